The van der Waals surface area contributed by atoms with Crippen molar-refractivity contribution < 1.29 is 19.4 Å². The van der Waals surface area contributed by atoms with E-state index in [1.54, 1.807) is 4.90 Å². The number of fused-ring (bicyclic) bond motifs is 1. The summed E-state index contributed by atoms with van der Waals surface area (Å²) in [7, 11) is 0. The standard InChI is InChI=1S/C20H23NO4S/c1-19(2,3)25-18(24)21-12-20(13-21,11-17(22)23)26-16-9-8-14-6-4-5-7-15(14)10-16/h4-10H,11-13H2,1-3H3,(H,22,23). The Morgan fingerprint density at radius 3 is 2.42 bits per heavy atom. The van der Waals surface area contributed by atoms with Crippen molar-refractivity contribution in [3.05, 3.63) is 42.5 Å². The van der Waals surface area contributed by atoms with Gasteiger partial charge in [0.2, 0.25) is 0 Å². The molecule has 0 aliphatic carbocycles. The Bertz CT molecular complexity index is 837. The molecule has 6 heteroatoms. The fraction of sp³-hybridized carbons (Fsp3) is 0.400. The van der Waals surface area contributed by atoms with E-state index in [0.717, 1.165) is 15.7 Å². The van der Waals surface area contributed by atoms with Crippen LogP contribution >= 0.6 is 11.8 Å². The van der Waals surface area contributed by atoms with Gasteiger partial charge in [0.05, 0.1) is 11.2 Å². The molecule has 1 heterocycles. The fourth-order valence-electron chi connectivity index (χ4n) is 3.07. The van der Waals surface area contributed by atoms with E-state index in [0.29, 0.717) is 13.1 Å². The Balaban J connectivity index is 1.74. The number of benzene rings is 2. The molecule has 0 saturated carbocycles. The predicted octanol–water partition coefficient (Wildman–Crippen LogP) is 4.40. The van der Waals surface area contributed by atoms with Gasteiger partial charge in [0.1, 0.15) is 5.60 Å². The molecule has 26 heavy (non-hydrogen) atoms. The number of likely N-dealkylation sites (tertiary alicyclic amines) is 1. The van der Waals surface area contributed by atoms with Crippen LogP contribution in [0.4, 0.5) is 4.79 Å². The highest BCUT2D eigenvalue weighted by Crippen LogP contribution is 2.44. The maximum Gasteiger partial charge on any atom is 0.410 e. The van der Waals surface area contributed by atoms with E-state index >= 15 is 0 Å². The van der Waals surface area contributed by atoms with Crippen LogP contribution in [-0.2, 0) is 9.53 Å². The Morgan fingerprint density at radius 2 is 1.81 bits per heavy atom. The second-order valence-electron chi connectivity index (χ2n) is 7.70. The molecule has 0 aromatic heterocycles. The Labute approximate surface area is 157 Å². The van der Waals surface area contributed by atoms with Crippen molar-refractivity contribution in [3.63, 3.8) is 0 Å². The van der Waals surface area contributed by atoms with Crippen molar-refractivity contribution in [2.45, 2.75) is 42.4 Å². The number of aliphatic carboxylic acids is 1. The van der Waals surface area contributed by atoms with Crippen molar-refractivity contribution in [2.24, 2.45) is 0 Å². The van der Waals surface area contributed by atoms with E-state index in [1.807, 2.05) is 57.2 Å². The zero-order valence-electron chi connectivity index (χ0n) is 15.2. The van der Waals surface area contributed by atoms with Gasteiger partial charge in [-0.15, -0.1) is 11.8 Å². The molecular formula is C20H23NO4S. The van der Waals surface area contributed by atoms with E-state index in [-0.39, 0.29) is 6.42 Å². The summed E-state index contributed by atoms with van der Waals surface area (Å²) in [5, 5.41) is 11.6. The van der Waals surface area contributed by atoms with Crippen molar-refractivity contribution >= 4 is 34.6 Å². The number of carbonyl (C=O) groups is 2. The topological polar surface area (TPSA) is 66.8 Å². The molecule has 0 atom stereocenters. The zero-order chi connectivity index (χ0) is 18.9. The van der Waals surface area contributed by atoms with E-state index < -0.39 is 22.4 Å². The van der Waals surface area contributed by atoms with Crippen LogP contribution in [-0.4, -0.2) is 45.5 Å². The highest BCUT2D eigenvalue weighted by Gasteiger charge is 2.48. The van der Waals surface area contributed by atoms with Crippen LogP contribution in [0, 0.1) is 0 Å². The summed E-state index contributed by atoms with van der Waals surface area (Å²) in [5.41, 5.74) is -0.562. The molecule has 5 nitrogen and oxygen atoms in total. The number of carbonyl (C=O) groups excluding carboxylic acids is 1. The third kappa shape index (κ3) is 4.30. The normalized spacial score (nSPS) is 16.2. The van der Waals surface area contributed by atoms with Gasteiger partial charge < -0.3 is 14.7 Å². The summed E-state index contributed by atoms with van der Waals surface area (Å²) in [6, 6.07) is 14.2. The first-order chi connectivity index (χ1) is 12.2. The summed E-state index contributed by atoms with van der Waals surface area (Å²) in [6.07, 6.45) is -0.387. The molecule has 1 N–H and O–H groups in total. The molecule has 138 valence electrons. The first kappa shape index (κ1) is 18.6. The molecule has 0 spiro atoms. The molecule has 1 aliphatic rings. The summed E-state index contributed by atoms with van der Waals surface area (Å²) in [6.45, 7) is 6.19. The Morgan fingerprint density at radius 1 is 1.15 bits per heavy atom. The molecule has 2 aromatic rings. The van der Waals surface area contributed by atoms with Crippen LogP contribution in [0.5, 0.6) is 0 Å². The number of hydrogen-bond acceptors (Lipinski definition) is 4. The van der Waals surface area contributed by atoms with Crippen LogP contribution in [0.15, 0.2) is 47.4 Å². The number of carboxylic acids is 1. The van der Waals surface area contributed by atoms with Crippen molar-refractivity contribution in [1.29, 1.82) is 0 Å². The second kappa shape index (κ2) is 6.83. The predicted molar refractivity (Wildman–Crippen MR) is 103 cm³/mol. The fourth-order valence-corrected chi connectivity index (χ4v) is 4.53. The van der Waals surface area contributed by atoms with E-state index in [9.17, 15) is 14.7 Å². The van der Waals surface area contributed by atoms with Crippen molar-refractivity contribution in [1.82, 2.24) is 4.90 Å². The minimum absolute atomic E-state index is 0.00376. The zero-order valence-corrected chi connectivity index (χ0v) is 16.0. The lowest BCUT2D eigenvalue weighted by Gasteiger charge is -2.48. The van der Waals surface area contributed by atoms with Gasteiger partial charge in [-0.3, -0.25) is 4.79 Å². The third-order valence-corrected chi connectivity index (χ3v) is 5.46. The lowest BCUT2D eigenvalue weighted by molar-refractivity contribution is -0.138. The summed E-state index contributed by atoms with van der Waals surface area (Å²) in [5.74, 6) is -0.859. The first-order valence-corrected chi connectivity index (χ1v) is 9.35. The van der Waals surface area contributed by atoms with Gasteiger partial charge in [-0.05, 0) is 43.7 Å². The minimum Gasteiger partial charge on any atom is -0.481 e. The second-order valence-corrected chi connectivity index (χ2v) is 9.24. The quantitative estimate of drug-likeness (QED) is 0.861. The molecule has 1 saturated heterocycles. The number of carboxylic acid groups (broad SMARTS) is 1. The SMILES string of the molecule is CC(C)(C)OC(=O)N1CC(CC(=O)O)(Sc2ccc3ccccc3c2)C1. The summed E-state index contributed by atoms with van der Waals surface area (Å²) < 4.78 is 4.86. The third-order valence-electron chi connectivity index (χ3n) is 4.14. The molecule has 0 radical (unpaired) electrons. The smallest absolute Gasteiger partial charge is 0.410 e. The Hall–Kier alpha value is -2.21. The van der Waals surface area contributed by atoms with Crippen LogP contribution < -0.4 is 0 Å². The van der Waals surface area contributed by atoms with Crippen LogP contribution in [0.25, 0.3) is 10.8 Å². The summed E-state index contributed by atoms with van der Waals surface area (Å²) in [4.78, 5) is 26.1. The molecule has 3 rings (SSSR count). The molecule has 1 amide bonds. The van der Waals surface area contributed by atoms with Gasteiger partial charge in [-0.1, -0.05) is 30.3 Å². The average Bonchev–Trinajstić information content (AvgIpc) is 2.49. The molecule has 0 unspecified atom stereocenters. The lowest BCUT2D eigenvalue weighted by atomic mass is 9.95. The maximum atomic E-state index is 12.2. The largest absolute Gasteiger partial charge is 0.481 e. The van der Waals surface area contributed by atoms with Crippen molar-refractivity contribution in [2.75, 3.05) is 13.1 Å². The number of rotatable bonds is 4. The lowest BCUT2D eigenvalue weighted by Crippen LogP contribution is -2.62. The minimum atomic E-state index is -0.859. The first-order valence-electron chi connectivity index (χ1n) is 8.53. The maximum absolute atomic E-state index is 12.2. The van der Waals surface area contributed by atoms with Crippen LogP contribution in [0.3, 0.4) is 0 Å². The van der Waals surface area contributed by atoms with E-state index in [1.165, 1.54) is 11.8 Å². The van der Waals surface area contributed by atoms with E-state index in [4.69, 9.17) is 4.74 Å². The number of ether oxygens (including phenoxy) is 1. The molecule has 1 aliphatic heterocycles. The van der Waals surface area contributed by atoms with Gasteiger partial charge in [0, 0.05) is 18.0 Å². The molecular weight excluding hydrogens is 350 g/mol. The Kier molecular flexibility index (Phi) is 4.88. The van der Waals surface area contributed by atoms with Crippen molar-refractivity contribution in [3.8, 4) is 0 Å². The molecule has 1 fully saturated rings. The highest BCUT2D eigenvalue weighted by atomic mass is 32.2. The monoisotopic (exact) mass is 373 g/mol. The summed E-state index contributed by atoms with van der Waals surface area (Å²) >= 11 is 1.53. The number of hydrogen-bond donors (Lipinski definition) is 1. The van der Waals surface area contributed by atoms with Crippen LogP contribution in [0.1, 0.15) is 27.2 Å². The van der Waals surface area contributed by atoms with Gasteiger partial charge in [-0.2, -0.15) is 0 Å². The van der Waals surface area contributed by atoms with Gasteiger partial charge in [-0.25, -0.2) is 4.79 Å². The number of nitrogens with zero attached hydrogens (tertiary/aromatic N) is 1. The number of amides is 1. The van der Waals surface area contributed by atoms with Gasteiger partial charge >= 0.3 is 12.1 Å². The highest BCUT2D eigenvalue weighted by molar-refractivity contribution is 8.00. The van der Waals surface area contributed by atoms with Crippen LogP contribution in [0.2, 0.25) is 0 Å². The average molecular weight is 373 g/mol. The van der Waals surface area contributed by atoms with Gasteiger partial charge in [0.15, 0.2) is 0 Å². The molecule has 0 bridgehead atoms. The van der Waals surface area contributed by atoms with E-state index in [2.05, 4.69) is 6.07 Å². The number of thioether (sulfide) groups is 1. The van der Waals surface area contributed by atoms with Gasteiger partial charge in [0.25, 0.3) is 0 Å². The molecule has 2 aromatic carbocycles.